The molecule has 0 radical (unpaired) electrons. The number of rotatable bonds is 3. The van der Waals surface area contributed by atoms with Crippen LogP contribution < -0.4 is 10.6 Å². The van der Waals surface area contributed by atoms with Gasteiger partial charge in [-0.2, -0.15) is 0 Å². The molecule has 2 aromatic rings. The third-order valence-corrected chi connectivity index (χ3v) is 6.16. The van der Waals surface area contributed by atoms with Gasteiger partial charge in [0.1, 0.15) is 6.10 Å². The lowest BCUT2D eigenvalue weighted by atomic mass is 10.0. The van der Waals surface area contributed by atoms with E-state index < -0.39 is 6.10 Å². The molecule has 0 aliphatic carbocycles. The summed E-state index contributed by atoms with van der Waals surface area (Å²) in [6.45, 7) is 5.03. The van der Waals surface area contributed by atoms with Gasteiger partial charge in [-0.1, -0.05) is 6.07 Å². The Hall–Kier alpha value is -1.93. The molecule has 2 N–H and O–H groups in total. The van der Waals surface area contributed by atoms with E-state index in [0.717, 1.165) is 25.1 Å². The summed E-state index contributed by atoms with van der Waals surface area (Å²) in [6.07, 6.45) is 0.400. The zero-order valence-corrected chi connectivity index (χ0v) is 17.3. The van der Waals surface area contributed by atoms with Crippen molar-refractivity contribution in [2.75, 3.05) is 31.6 Å². The van der Waals surface area contributed by atoms with Crippen molar-refractivity contribution in [1.29, 1.82) is 0 Å². The van der Waals surface area contributed by atoms with E-state index in [4.69, 9.17) is 4.74 Å². The molecule has 28 heavy (non-hydrogen) atoms. The third kappa shape index (κ3) is 4.22. The predicted octanol–water partition coefficient (Wildman–Crippen LogP) is 2.60. The maximum absolute atomic E-state index is 13.1. The highest BCUT2D eigenvalue weighted by Crippen LogP contribution is 2.27. The number of morpholine rings is 1. The van der Waals surface area contributed by atoms with Crippen molar-refractivity contribution in [2.45, 2.75) is 26.0 Å². The van der Waals surface area contributed by atoms with Crippen molar-refractivity contribution in [3.8, 4) is 0 Å². The standard InChI is InChI=1S/C20H23N3O3S.ClH/c1-13-15(20(25)23-8-5-18-14(12-23)6-10-27-18)3-2-4-16(13)22-19(24)17-11-21-7-9-26-17;/h2-4,6,10,17,21H,5,7-9,11-12H2,1H3,(H,22,24);1H. The van der Waals surface area contributed by atoms with Crippen LogP contribution in [0.1, 0.15) is 26.4 Å². The van der Waals surface area contributed by atoms with Gasteiger partial charge in [0.2, 0.25) is 0 Å². The molecule has 3 heterocycles. The Balaban J connectivity index is 0.00000225. The topological polar surface area (TPSA) is 70.7 Å². The number of amides is 2. The molecule has 2 aliphatic rings. The fourth-order valence-corrected chi connectivity index (χ4v) is 4.43. The molecule has 2 amide bonds. The number of carbonyl (C=O) groups is 2. The molecule has 1 aromatic heterocycles. The number of halogens is 1. The zero-order valence-electron chi connectivity index (χ0n) is 15.7. The van der Waals surface area contributed by atoms with Crippen molar-refractivity contribution in [1.82, 2.24) is 10.2 Å². The van der Waals surface area contributed by atoms with E-state index in [-0.39, 0.29) is 24.2 Å². The van der Waals surface area contributed by atoms with Gasteiger partial charge in [-0.25, -0.2) is 0 Å². The Morgan fingerprint density at radius 2 is 2.18 bits per heavy atom. The number of thiophene rings is 1. The number of fused-ring (bicyclic) bond motifs is 1. The van der Waals surface area contributed by atoms with Gasteiger partial charge in [0.25, 0.3) is 11.8 Å². The van der Waals surface area contributed by atoms with E-state index in [9.17, 15) is 9.59 Å². The summed E-state index contributed by atoms with van der Waals surface area (Å²) in [6, 6.07) is 7.57. The normalized spacial score (nSPS) is 18.8. The largest absolute Gasteiger partial charge is 0.366 e. The van der Waals surface area contributed by atoms with Crippen LogP contribution in [0.2, 0.25) is 0 Å². The number of benzene rings is 1. The first kappa shape index (κ1) is 20.8. The summed E-state index contributed by atoms with van der Waals surface area (Å²) < 4.78 is 5.50. The summed E-state index contributed by atoms with van der Waals surface area (Å²) >= 11 is 1.76. The predicted molar refractivity (Wildman–Crippen MR) is 112 cm³/mol. The Bertz CT molecular complexity index is 864. The van der Waals surface area contributed by atoms with Gasteiger partial charge < -0.3 is 20.3 Å². The molecule has 0 bridgehead atoms. The number of carbonyl (C=O) groups excluding carboxylic acids is 2. The number of nitrogens with zero attached hydrogens (tertiary/aromatic N) is 1. The van der Waals surface area contributed by atoms with E-state index in [1.165, 1.54) is 10.4 Å². The van der Waals surface area contributed by atoms with Gasteiger partial charge in [-0.05, 0) is 48.1 Å². The first-order valence-electron chi connectivity index (χ1n) is 9.21. The monoisotopic (exact) mass is 421 g/mol. The highest BCUT2D eigenvalue weighted by atomic mass is 35.5. The molecule has 1 atom stereocenters. The Kier molecular flexibility index (Phi) is 6.72. The number of nitrogens with one attached hydrogen (secondary N) is 2. The lowest BCUT2D eigenvalue weighted by Crippen LogP contribution is -2.45. The van der Waals surface area contributed by atoms with Gasteiger partial charge in [-0.3, -0.25) is 9.59 Å². The van der Waals surface area contributed by atoms with E-state index in [1.54, 1.807) is 11.3 Å². The molecular formula is C20H24ClN3O3S. The maximum atomic E-state index is 13.1. The molecule has 6 nitrogen and oxygen atoms in total. The van der Waals surface area contributed by atoms with E-state index in [1.807, 2.05) is 30.0 Å². The second kappa shape index (κ2) is 9.05. The van der Waals surface area contributed by atoms with Crippen molar-refractivity contribution in [3.05, 3.63) is 51.2 Å². The molecule has 0 spiro atoms. The maximum Gasteiger partial charge on any atom is 0.254 e. The van der Waals surface area contributed by atoms with Crippen molar-refractivity contribution >= 4 is 41.2 Å². The highest BCUT2D eigenvalue weighted by Gasteiger charge is 2.26. The third-order valence-electron chi connectivity index (χ3n) is 5.14. The van der Waals surface area contributed by atoms with Gasteiger partial charge in [-0.15, -0.1) is 23.7 Å². The molecule has 1 saturated heterocycles. The van der Waals surface area contributed by atoms with Gasteiger partial charge >= 0.3 is 0 Å². The fraction of sp³-hybridized carbons (Fsp3) is 0.400. The Labute approximate surface area is 174 Å². The highest BCUT2D eigenvalue weighted by molar-refractivity contribution is 7.10. The molecule has 2 aliphatic heterocycles. The second-order valence-corrected chi connectivity index (χ2v) is 7.88. The number of ether oxygens (including phenoxy) is 1. The molecule has 1 aromatic carbocycles. The van der Waals surface area contributed by atoms with Crippen LogP contribution in [-0.2, 0) is 22.5 Å². The average Bonchev–Trinajstić information content (AvgIpc) is 3.17. The molecule has 8 heteroatoms. The first-order chi connectivity index (χ1) is 13.1. The molecule has 4 rings (SSSR count). The van der Waals surface area contributed by atoms with Crippen LogP contribution in [0.4, 0.5) is 5.69 Å². The van der Waals surface area contributed by atoms with Crippen molar-refractivity contribution in [2.24, 2.45) is 0 Å². The van der Waals surface area contributed by atoms with E-state index in [0.29, 0.717) is 30.9 Å². The van der Waals surface area contributed by atoms with Gasteiger partial charge in [0.05, 0.1) is 6.61 Å². The Morgan fingerprint density at radius 1 is 1.32 bits per heavy atom. The van der Waals surface area contributed by atoms with Crippen molar-refractivity contribution < 1.29 is 14.3 Å². The fourth-order valence-electron chi connectivity index (χ4n) is 3.54. The van der Waals surface area contributed by atoms with Crippen LogP contribution >= 0.6 is 23.7 Å². The minimum atomic E-state index is -0.503. The van der Waals surface area contributed by atoms with Crippen LogP contribution in [0.15, 0.2) is 29.6 Å². The van der Waals surface area contributed by atoms with Gasteiger partial charge in [0, 0.05) is 42.3 Å². The van der Waals surface area contributed by atoms with Crippen LogP contribution in [-0.4, -0.2) is 49.1 Å². The summed E-state index contributed by atoms with van der Waals surface area (Å²) in [4.78, 5) is 28.8. The zero-order chi connectivity index (χ0) is 18.8. The number of anilines is 1. The number of hydrogen-bond donors (Lipinski definition) is 2. The molecule has 1 fully saturated rings. The summed E-state index contributed by atoms with van der Waals surface area (Å²) in [5.41, 5.74) is 3.32. The van der Waals surface area contributed by atoms with Crippen LogP contribution in [0, 0.1) is 6.92 Å². The SMILES string of the molecule is Cc1c(NC(=O)C2CNCCO2)cccc1C(=O)N1CCc2sccc2C1.Cl. The lowest BCUT2D eigenvalue weighted by molar-refractivity contribution is -0.128. The lowest BCUT2D eigenvalue weighted by Gasteiger charge is -2.28. The second-order valence-electron chi connectivity index (χ2n) is 6.88. The molecule has 150 valence electrons. The van der Waals surface area contributed by atoms with Crippen LogP contribution in [0.25, 0.3) is 0 Å². The Morgan fingerprint density at radius 3 is 2.96 bits per heavy atom. The summed E-state index contributed by atoms with van der Waals surface area (Å²) in [7, 11) is 0. The molecule has 0 saturated carbocycles. The van der Waals surface area contributed by atoms with E-state index in [2.05, 4.69) is 22.1 Å². The van der Waals surface area contributed by atoms with Crippen LogP contribution in [0.5, 0.6) is 0 Å². The number of hydrogen-bond acceptors (Lipinski definition) is 5. The summed E-state index contributed by atoms with van der Waals surface area (Å²) in [5, 5.41) is 8.15. The smallest absolute Gasteiger partial charge is 0.254 e. The summed E-state index contributed by atoms with van der Waals surface area (Å²) in [5.74, 6) is -0.174. The first-order valence-corrected chi connectivity index (χ1v) is 10.1. The quantitative estimate of drug-likeness (QED) is 0.799. The minimum Gasteiger partial charge on any atom is -0.366 e. The van der Waals surface area contributed by atoms with Crippen LogP contribution in [0.3, 0.4) is 0 Å². The minimum absolute atomic E-state index is 0. The van der Waals surface area contributed by atoms with Gasteiger partial charge in [0.15, 0.2) is 0 Å². The average molecular weight is 422 g/mol. The molecule has 1 unspecified atom stereocenters. The van der Waals surface area contributed by atoms with Crippen molar-refractivity contribution in [3.63, 3.8) is 0 Å². The molecular weight excluding hydrogens is 398 g/mol. The van der Waals surface area contributed by atoms with E-state index >= 15 is 0 Å².